The van der Waals surface area contributed by atoms with E-state index in [0.717, 1.165) is 27.8 Å². The van der Waals surface area contributed by atoms with E-state index >= 15 is 0 Å². The van der Waals surface area contributed by atoms with Crippen LogP contribution >= 0.6 is 0 Å². The topological polar surface area (TPSA) is 43.1 Å². The third kappa shape index (κ3) is 1.92. The molecule has 20 heavy (non-hydrogen) atoms. The second kappa shape index (κ2) is 4.60. The van der Waals surface area contributed by atoms with Gasteiger partial charge in [-0.15, -0.1) is 0 Å². The van der Waals surface area contributed by atoms with Gasteiger partial charge < -0.3 is 4.42 Å². The fourth-order valence-corrected chi connectivity index (χ4v) is 2.34. The average Bonchev–Trinajstić information content (AvgIpc) is 2.47. The van der Waals surface area contributed by atoms with E-state index in [1.54, 1.807) is 0 Å². The summed E-state index contributed by atoms with van der Waals surface area (Å²) in [4.78, 5) is 16.7. The van der Waals surface area contributed by atoms with Crippen molar-refractivity contribution in [1.82, 2.24) is 4.98 Å². The largest absolute Gasteiger partial charge is 0.403 e. The molecule has 3 heteroatoms. The molecule has 3 nitrogen and oxygen atoms in total. The lowest BCUT2D eigenvalue weighted by atomic mass is 10.0. The van der Waals surface area contributed by atoms with Gasteiger partial charge in [0.15, 0.2) is 0 Å². The van der Waals surface area contributed by atoms with Crippen molar-refractivity contribution in [2.45, 2.75) is 20.8 Å². The number of fused-ring (bicyclic) bond motifs is 1. The van der Waals surface area contributed by atoms with Crippen molar-refractivity contribution in [3.05, 3.63) is 63.5 Å². The van der Waals surface area contributed by atoms with Crippen molar-refractivity contribution in [1.29, 1.82) is 0 Å². The van der Waals surface area contributed by atoms with Crippen LogP contribution in [-0.4, -0.2) is 4.98 Å². The predicted octanol–water partition coefficient (Wildman–Crippen LogP) is 3.78. The summed E-state index contributed by atoms with van der Waals surface area (Å²) in [5.74, 6) is 0.370. The Kier molecular flexibility index (Phi) is 2.90. The second-order valence-electron chi connectivity index (χ2n) is 5.01. The normalized spacial score (nSPS) is 10.9. The molecule has 0 aliphatic rings. The van der Waals surface area contributed by atoms with Crippen molar-refractivity contribution in [3.63, 3.8) is 0 Å². The van der Waals surface area contributed by atoms with Gasteiger partial charge in [0.1, 0.15) is 0 Å². The second-order valence-corrected chi connectivity index (χ2v) is 5.01. The van der Waals surface area contributed by atoms with Crippen LogP contribution in [0.5, 0.6) is 0 Å². The van der Waals surface area contributed by atoms with Gasteiger partial charge in [-0.3, -0.25) is 0 Å². The summed E-state index contributed by atoms with van der Waals surface area (Å²) in [6.45, 7) is 6.03. The maximum atomic E-state index is 12.2. The summed E-state index contributed by atoms with van der Waals surface area (Å²) in [6, 6.07) is 11.3. The van der Waals surface area contributed by atoms with Gasteiger partial charge in [0.05, 0.1) is 10.9 Å². The lowest BCUT2D eigenvalue weighted by molar-refractivity contribution is 0.518. The zero-order chi connectivity index (χ0) is 14.3. The molecule has 0 saturated carbocycles. The zero-order valence-electron chi connectivity index (χ0n) is 11.7. The molecule has 0 unspecified atom stereocenters. The summed E-state index contributed by atoms with van der Waals surface area (Å²) in [6.07, 6.45) is 0. The summed E-state index contributed by atoms with van der Waals surface area (Å²) >= 11 is 0. The van der Waals surface area contributed by atoms with E-state index in [1.807, 2.05) is 57.2 Å². The minimum absolute atomic E-state index is 0.333. The molecule has 0 aliphatic heterocycles. The summed E-state index contributed by atoms with van der Waals surface area (Å²) in [5, 5.41) is 0.547. The van der Waals surface area contributed by atoms with Crippen LogP contribution in [0.3, 0.4) is 0 Å². The molecule has 1 heterocycles. The molecule has 100 valence electrons. The first-order valence-electron chi connectivity index (χ1n) is 6.55. The zero-order valence-corrected chi connectivity index (χ0v) is 11.7. The molecule has 0 saturated heterocycles. The quantitative estimate of drug-likeness (QED) is 0.672. The molecule has 0 spiro atoms. The Morgan fingerprint density at radius 2 is 1.70 bits per heavy atom. The SMILES string of the molecule is Cc1cc2c(=O)oc(-c3ccccc3)nc2c(C)c1C. The van der Waals surface area contributed by atoms with Crippen LogP contribution in [-0.2, 0) is 0 Å². The van der Waals surface area contributed by atoms with E-state index in [2.05, 4.69) is 4.98 Å². The highest BCUT2D eigenvalue weighted by atomic mass is 16.4. The fraction of sp³-hybridized carbons (Fsp3) is 0.176. The first-order chi connectivity index (χ1) is 9.58. The number of rotatable bonds is 1. The van der Waals surface area contributed by atoms with Crippen LogP contribution in [0.1, 0.15) is 16.7 Å². The summed E-state index contributed by atoms with van der Waals surface area (Å²) in [5.41, 5.74) is 4.48. The Balaban J connectivity index is 2.38. The van der Waals surface area contributed by atoms with E-state index in [-0.39, 0.29) is 5.63 Å². The molecular formula is C17H15NO2. The van der Waals surface area contributed by atoms with Crippen molar-refractivity contribution in [2.24, 2.45) is 0 Å². The van der Waals surface area contributed by atoms with Gasteiger partial charge in [-0.1, -0.05) is 18.2 Å². The lowest BCUT2D eigenvalue weighted by Gasteiger charge is -2.09. The third-order valence-corrected chi connectivity index (χ3v) is 3.77. The lowest BCUT2D eigenvalue weighted by Crippen LogP contribution is -2.05. The molecule has 0 fully saturated rings. The van der Waals surface area contributed by atoms with E-state index in [1.165, 1.54) is 0 Å². The minimum atomic E-state index is -0.333. The minimum Gasteiger partial charge on any atom is -0.403 e. The maximum Gasteiger partial charge on any atom is 0.347 e. The van der Waals surface area contributed by atoms with Gasteiger partial charge in [-0.05, 0) is 55.7 Å². The van der Waals surface area contributed by atoms with Crippen LogP contribution in [0, 0.1) is 20.8 Å². The smallest absolute Gasteiger partial charge is 0.347 e. The van der Waals surface area contributed by atoms with Crippen LogP contribution < -0.4 is 5.63 Å². The Labute approximate surface area is 116 Å². The molecular weight excluding hydrogens is 250 g/mol. The van der Waals surface area contributed by atoms with Crippen molar-refractivity contribution in [3.8, 4) is 11.5 Å². The van der Waals surface area contributed by atoms with Crippen LogP contribution in [0.2, 0.25) is 0 Å². The summed E-state index contributed by atoms with van der Waals surface area (Å²) < 4.78 is 5.36. The molecule has 0 amide bonds. The van der Waals surface area contributed by atoms with Crippen LogP contribution in [0.25, 0.3) is 22.4 Å². The third-order valence-electron chi connectivity index (χ3n) is 3.77. The highest BCUT2D eigenvalue weighted by Crippen LogP contribution is 2.24. The molecule has 0 N–H and O–H groups in total. The first kappa shape index (κ1) is 12.6. The number of hydrogen-bond donors (Lipinski definition) is 0. The van der Waals surface area contributed by atoms with E-state index in [0.29, 0.717) is 11.3 Å². The Bertz CT molecular complexity index is 848. The summed E-state index contributed by atoms with van der Waals surface area (Å²) in [7, 11) is 0. The van der Waals surface area contributed by atoms with Crippen molar-refractivity contribution >= 4 is 10.9 Å². The predicted molar refractivity (Wildman–Crippen MR) is 79.9 cm³/mol. The standard InChI is InChI=1S/C17H15NO2/c1-10-9-14-15(12(3)11(10)2)18-16(20-17(14)19)13-7-5-4-6-8-13/h4-9H,1-3H3. The van der Waals surface area contributed by atoms with Gasteiger partial charge in [0, 0.05) is 5.56 Å². The molecule has 0 atom stereocenters. The Morgan fingerprint density at radius 3 is 2.40 bits per heavy atom. The maximum absolute atomic E-state index is 12.2. The van der Waals surface area contributed by atoms with Crippen LogP contribution in [0.4, 0.5) is 0 Å². The Hall–Kier alpha value is -2.42. The van der Waals surface area contributed by atoms with Gasteiger partial charge in [-0.2, -0.15) is 0 Å². The van der Waals surface area contributed by atoms with E-state index in [4.69, 9.17) is 4.42 Å². The molecule has 0 bridgehead atoms. The number of hydrogen-bond acceptors (Lipinski definition) is 3. The van der Waals surface area contributed by atoms with Gasteiger partial charge in [0.25, 0.3) is 0 Å². The molecule has 3 rings (SSSR count). The number of nitrogens with zero attached hydrogens (tertiary/aromatic N) is 1. The van der Waals surface area contributed by atoms with Gasteiger partial charge in [0.2, 0.25) is 5.89 Å². The average molecular weight is 265 g/mol. The monoisotopic (exact) mass is 265 g/mol. The molecule has 0 aliphatic carbocycles. The van der Waals surface area contributed by atoms with Crippen molar-refractivity contribution < 1.29 is 4.42 Å². The molecule has 0 radical (unpaired) electrons. The van der Waals surface area contributed by atoms with Gasteiger partial charge in [-0.25, -0.2) is 9.78 Å². The highest BCUT2D eigenvalue weighted by Gasteiger charge is 2.12. The number of aryl methyl sites for hydroxylation is 2. The van der Waals surface area contributed by atoms with Crippen molar-refractivity contribution in [2.75, 3.05) is 0 Å². The molecule has 1 aromatic heterocycles. The van der Waals surface area contributed by atoms with Gasteiger partial charge >= 0.3 is 5.63 Å². The van der Waals surface area contributed by atoms with Crippen LogP contribution in [0.15, 0.2) is 45.6 Å². The fourth-order valence-electron chi connectivity index (χ4n) is 2.34. The van der Waals surface area contributed by atoms with E-state index < -0.39 is 0 Å². The van der Waals surface area contributed by atoms with E-state index in [9.17, 15) is 4.79 Å². The highest BCUT2D eigenvalue weighted by molar-refractivity contribution is 5.83. The Morgan fingerprint density at radius 1 is 1.00 bits per heavy atom. The number of aromatic nitrogens is 1. The number of benzene rings is 2. The first-order valence-corrected chi connectivity index (χ1v) is 6.55. The molecule has 3 aromatic rings. The molecule has 2 aromatic carbocycles.